The average molecular weight is 433 g/mol. The first-order chi connectivity index (χ1) is 15.7. The Morgan fingerprint density at radius 2 is 1.47 bits per heavy atom. The zero-order chi connectivity index (χ0) is 21.9. The normalized spacial score (nSPS) is 24.1. The third-order valence-electron chi connectivity index (χ3n) is 5.74. The molecule has 0 aliphatic carbocycles. The Kier molecular flexibility index (Phi) is 5.75. The summed E-state index contributed by atoms with van der Waals surface area (Å²) in [5.74, 6) is -0.432. The highest BCUT2D eigenvalue weighted by atomic mass is 16.7. The molecule has 0 bridgehead atoms. The maximum atomic E-state index is 12.7. The molecule has 1 amide bonds. The standard InChI is InChI=1S/C25H23NO6/c27-24(19-11-10-17-8-4-5-9-18(17)12-19)31-20-14-29-23-21(15-30-22(20)23)32-25(28)26-13-16-6-2-1-3-7-16/h1-12,20-23H,13-15H2,(H,26,28)/t20-,21+,22-,23-/m1/s1. The van der Waals surface area contributed by atoms with Gasteiger partial charge in [-0.2, -0.15) is 0 Å². The van der Waals surface area contributed by atoms with Crippen molar-refractivity contribution in [3.05, 3.63) is 83.9 Å². The van der Waals surface area contributed by atoms with E-state index >= 15 is 0 Å². The highest BCUT2D eigenvalue weighted by Crippen LogP contribution is 2.31. The summed E-state index contributed by atoms with van der Waals surface area (Å²) in [5, 5.41) is 4.75. The molecule has 5 rings (SSSR count). The minimum absolute atomic E-state index is 0.193. The van der Waals surface area contributed by atoms with Gasteiger partial charge in [0.2, 0.25) is 0 Å². The first kappa shape index (κ1) is 20.5. The molecule has 1 N–H and O–H groups in total. The van der Waals surface area contributed by atoms with E-state index in [9.17, 15) is 9.59 Å². The quantitative estimate of drug-likeness (QED) is 0.621. The van der Waals surface area contributed by atoms with Gasteiger partial charge in [0, 0.05) is 6.54 Å². The zero-order valence-corrected chi connectivity index (χ0v) is 17.3. The second kappa shape index (κ2) is 8.98. The Balaban J connectivity index is 1.16. The molecule has 2 heterocycles. The summed E-state index contributed by atoms with van der Waals surface area (Å²) in [6, 6.07) is 22.8. The van der Waals surface area contributed by atoms with Gasteiger partial charge in [-0.1, -0.05) is 60.7 Å². The molecular weight excluding hydrogens is 410 g/mol. The summed E-state index contributed by atoms with van der Waals surface area (Å²) in [7, 11) is 0. The van der Waals surface area contributed by atoms with E-state index in [1.807, 2.05) is 66.7 Å². The van der Waals surface area contributed by atoms with E-state index in [0.717, 1.165) is 16.3 Å². The van der Waals surface area contributed by atoms with Crippen molar-refractivity contribution in [2.45, 2.75) is 31.0 Å². The van der Waals surface area contributed by atoms with Gasteiger partial charge in [-0.05, 0) is 28.5 Å². The lowest BCUT2D eigenvalue weighted by molar-refractivity contribution is -0.0231. The fourth-order valence-corrected chi connectivity index (χ4v) is 4.10. The lowest BCUT2D eigenvalue weighted by Gasteiger charge is -2.17. The highest BCUT2D eigenvalue weighted by molar-refractivity contribution is 5.95. The van der Waals surface area contributed by atoms with Gasteiger partial charge >= 0.3 is 12.1 Å². The Hall–Kier alpha value is -3.42. The molecule has 7 heteroatoms. The van der Waals surface area contributed by atoms with E-state index < -0.39 is 36.5 Å². The molecule has 2 fully saturated rings. The molecule has 2 aliphatic heterocycles. The van der Waals surface area contributed by atoms with E-state index in [1.54, 1.807) is 6.07 Å². The third kappa shape index (κ3) is 4.30. The Morgan fingerprint density at radius 1 is 0.812 bits per heavy atom. The smallest absolute Gasteiger partial charge is 0.407 e. The summed E-state index contributed by atoms with van der Waals surface area (Å²) in [4.78, 5) is 24.9. The van der Waals surface area contributed by atoms with Crippen LogP contribution in [0.2, 0.25) is 0 Å². The second-order valence-electron chi connectivity index (χ2n) is 7.88. The molecule has 0 saturated carbocycles. The summed E-state index contributed by atoms with van der Waals surface area (Å²) in [6.45, 7) is 0.756. The minimum Gasteiger partial charge on any atom is -0.453 e. The van der Waals surface area contributed by atoms with Crippen LogP contribution in [-0.4, -0.2) is 49.7 Å². The molecule has 0 unspecified atom stereocenters. The van der Waals surface area contributed by atoms with Crippen LogP contribution in [0, 0.1) is 0 Å². The van der Waals surface area contributed by atoms with Crippen LogP contribution in [0.15, 0.2) is 72.8 Å². The molecule has 2 aliphatic rings. The number of rotatable bonds is 5. The molecule has 7 nitrogen and oxygen atoms in total. The van der Waals surface area contributed by atoms with Gasteiger partial charge in [0.1, 0.15) is 12.2 Å². The van der Waals surface area contributed by atoms with E-state index in [0.29, 0.717) is 12.1 Å². The van der Waals surface area contributed by atoms with Gasteiger partial charge in [-0.15, -0.1) is 0 Å². The first-order valence-electron chi connectivity index (χ1n) is 10.6. The molecule has 2 saturated heterocycles. The van der Waals surface area contributed by atoms with Gasteiger partial charge in [-0.25, -0.2) is 9.59 Å². The molecule has 4 atom stereocenters. The second-order valence-corrected chi connectivity index (χ2v) is 7.88. The number of benzene rings is 3. The molecule has 0 spiro atoms. The predicted octanol–water partition coefficient (Wildman–Crippen LogP) is 3.46. The van der Waals surface area contributed by atoms with Crippen LogP contribution in [-0.2, 0) is 25.5 Å². The number of hydrogen-bond donors (Lipinski definition) is 1. The number of nitrogens with one attached hydrogen (secondary N) is 1. The SMILES string of the molecule is O=C(NCc1ccccc1)O[C@H]1CO[C@H]2[C@@H]1OC[C@H]2OC(=O)c1ccc2ccccc2c1. The number of fused-ring (bicyclic) bond motifs is 2. The first-order valence-corrected chi connectivity index (χ1v) is 10.6. The van der Waals surface area contributed by atoms with Crippen molar-refractivity contribution in [1.29, 1.82) is 0 Å². The van der Waals surface area contributed by atoms with Crippen molar-refractivity contribution in [3.8, 4) is 0 Å². The zero-order valence-electron chi connectivity index (χ0n) is 17.3. The fraction of sp³-hybridized carbons (Fsp3) is 0.280. The van der Waals surface area contributed by atoms with Crippen LogP contribution >= 0.6 is 0 Å². The van der Waals surface area contributed by atoms with Crippen LogP contribution in [0.3, 0.4) is 0 Å². The van der Waals surface area contributed by atoms with Crippen molar-refractivity contribution < 1.29 is 28.5 Å². The van der Waals surface area contributed by atoms with E-state index in [4.69, 9.17) is 18.9 Å². The average Bonchev–Trinajstić information content (AvgIpc) is 3.41. The van der Waals surface area contributed by atoms with Crippen LogP contribution < -0.4 is 5.32 Å². The largest absolute Gasteiger partial charge is 0.453 e. The predicted molar refractivity (Wildman–Crippen MR) is 116 cm³/mol. The van der Waals surface area contributed by atoms with Crippen molar-refractivity contribution in [3.63, 3.8) is 0 Å². The Labute approximate surface area is 185 Å². The van der Waals surface area contributed by atoms with Crippen LogP contribution in [0.5, 0.6) is 0 Å². The summed E-state index contributed by atoms with van der Waals surface area (Å²) < 4.78 is 22.7. The fourth-order valence-electron chi connectivity index (χ4n) is 4.10. The van der Waals surface area contributed by atoms with E-state index in [1.165, 1.54) is 0 Å². The van der Waals surface area contributed by atoms with Gasteiger partial charge < -0.3 is 24.3 Å². The maximum Gasteiger partial charge on any atom is 0.407 e. The Bertz CT molecular complexity index is 1120. The van der Waals surface area contributed by atoms with Crippen molar-refractivity contribution in [2.75, 3.05) is 13.2 Å². The lowest BCUT2D eigenvalue weighted by atomic mass is 10.1. The summed E-state index contributed by atoms with van der Waals surface area (Å²) >= 11 is 0. The summed E-state index contributed by atoms with van der Waals surface area (Å²) in [5.41, 5.74) is 1.45. The summed E-state index contributed by atoms with van der Waals surface area (Å²) in [6.07, 6.45) is -2.58. The van der Waals surface area contributed by atoms with Gasteiger partial charge in [0.05, 0.1) is 18.8 Å². The van der Waals surface area contributed by atoms with Crippen LogP contribution in [0.1, 0.15) is 15.9 Å². The van der Waals surface area contributed by atoms with Crippen LogP contribution in [0.4, 0.5) is 4.79 Å². The van der Waals surface area contributed by atoms with E-state index in [2.05, 4.69) is 5.32 Å². The number of hydrogen-bond acceptors (Lipinski definition) is 6. The molecule has 32 heavy (non-hydrogen) atoms. The molecule has 3 aromatic rings. The highest BCUT2D eigenvalue weighted by Gasteiger charge is 2.51. The van der Waals surface area contributed by atoms with Crippen molar-refractivity contribution in [2.24, 2.45) is 0 Å². The van der Waals surface area contributed by atoms with E-state index in [-0.39, 0.29) is 13.2 Å². The van der Waals surface area contributed by atoms with Crippen molar-refractivity contribution in [1.82, 2.24) is 5.32 Å². The number of carbonyl (C=O) groups excluding carboxylic acids is 2. The number of esters is 1. The molecule has 164 valence electrons. The molecule has 0 aromatic heterocycles. The van der Waals surface area contributed by atoms with Crippen LogP contribution in [0.25, 0.3) is 10.8 Å². The maximum absolute atomic E-state index is 12.7. The van der Waals surface area contributed by atoms with Gasteiger partial charge in [0.15, 0.2) is 12.2 Å². The van der Waals surface area contributed by atoms with Gasteiger partial charge in [-0.3, -0.25) is 0 Å². The minimum atomic E-state index is -0.556. The third-order valence-corrected chi connectivity index (χ3v) is 5.74. The number of ether oxygens (including phenoxy) is 4. The number of alkyl carbamates (subject to hydrolysis) is 1. The van der Waals surface area contributed by atoms with Crippen molar-refractivity contribution >= 4 is 22.8 Å². The molecule has 0 radical (unpaired) electrons. The molecule has 3 aromatic carbocycles. The number of carbonyl (C=O) groups is 2. The molecular formula is C25H23NO6. The monoisotopic (exact) mass is 433 g/mol. The lowest BCUT2D eigenvalue weighted by Crippen LogP contribution is -2.38. The Morgan fingerprint density at radius 3 is 2.22 bits per heavy atom. The van der Waals surface area contributed by atoms with Gasteiger partial charge in [0.25, 0.3) is 0 Å². The topological polar surface area (TPSA) is 83.1 Å². The number of amides is 1.